The molecule has 6 nitrogen and oxygen atoms in total. The molecule has 0 saturated carbocycles. The summed E-state index contributed by atoms with van der Waals surface area (Å²) in [5.41, 5.74) is 7.83. The highest BCUT2D eigenvalue weighted by Crippen LogP contribution is 2.24. The van der Waals surface area contributed by atoms with Crippen LogP contribution in [0.3, 0.4) is 0 Å². The van der Waals surface area contributed by atoms with E-state index in [1.54, 1.807) is 30.5 Å². The normalized spacial score (nSPS) is 11.2. The molecule has 2 aromatic rings. The van der Waals surface area contributed by atoms with E-state index in [-0.39, 0.29) is 0 Å². The Morgan fingerprint density at radius 1 is 1.32 bits per heavy atom. The number of aromatic amines is 1. The molecular formula is C11H12N4O2S2. The van der Waals surface area contributed by atoms with E-state index in [2.05, 4.69) is 14.7 Å². The number of nitrogen functional groups attached to an aromatic ring is 1. The van der Waals surface area contributed by atoms with E-state index in [9.17, 15) is 8.42 Å². The summed E-state index contributed by atoms with van der Waals surface area (Å²) in [4.78, 5) is 6.73. The van der Waals surface area contributed by atoms with E-state index in [0.717, 1.165) is 11.8 Å². The van der Waals surface area contributed by atoms with E-state index >= 15 is 0 Å². The molecule has 2 rings (SSSR count). The maximum atomic E-state index is 11.1. The predicted molar refractivity (Wildman–Crippen MR) is 77.7 cm³/mol. The average molecular weight is 296 g/mol. The molecule has 1 aromatic carbocycles. The molecule has 0 aliphatic carbocycles. The van der Waals surface area contributed by atoms with Crippen LogP contribution >= 0.6 is 12.2 Å². The number of benzene rings is 1. The number of sulfonamides is 1. The van der Waals surface area contributed by atoms with Crippen molar-refractivity contribution in [3.63, 3.8) is 0 Å². The Balaban J connectivity index is 2.35. The zero-order valence-corrected chi connectivity index (χ0v) is 11.7. The van der Waals surface area contributed by atoms with Gasteiger partial charge in [-0.1, -0.05) is 12.1 Å². The lowest BCUT2D eigenvalue weighted by Gasteiger charge is -2.07. The molecule has 0 fully saturated rings. The molecule has 4 N–H and O–H groups in total. The van der Waals surface area contributed by atoms with Crippen molar-refractivity contribution >= 4 is 33.7 Å². The van der Waals surface area contributed by atoms with Gasteiger partial charge in [0.15, 0.2) is 4.77 Å². The van der Waals surface area contributed by atoms with Gasteiger partial charge in [0.2, 0.25) is 10.0 Å². The van der Waals surface area contributed by atoms with Crippen molar-refractivity contribution in [2.45, 2.75) is 0 Å². The van der Waals surface area contributed by atoms with Gasteiger partial charge in [0.25, 0.3) is 0 Å². The zero-order valence-electron chi connectivity index (χ0n) is 10.0. The Labute approximate surface area is 115 Å². The number of rotatable bonds is 3. The summed E-state index contributed by atoms with van der Waals surface area (Å²) < 4.78 is 24.9. The van der Waals surface area contributed by atoms with Crippen molar-refractivity contribution in [1.29, 1.82) is 0 Å². The van der Waals surface area contributed by atoms with Gasteiger partial charge < -0.3 is 10.7 Å². The van der Waals surface area contributed by atoms with Crippen LogP contribution < -0.4 is 10.5 Å². The molecule has 0 amide bonds. The van der Waals surface area contributed by atoms with Gasteiger partial charge in [-0.2, -0.15) is 0 Å². The Bertz CT molecular complexity index is 751. The van der Waals surface area contributed by atoms with Crippen LogP contribution in [0, 0.1) is 4.77 Å². The fourth-order valence-electron chi connectivity index (χ4n) is 1.57. The van der Waals surface area contributed by atoms with Crippen LogP contribution in [0.15, 0.2) is 30.5 Å². The molecule has 1 aromatic heterocycles. The van der Waals surface area contributed by atoms with Gasteiger partial charge in [-0.3, -0.25) is 4.72 Å². The number of nitrogens with one attached hydrogen (secondary N) is 2. The lowest BCUT2D eigenvalue weighted by atomic mass is 10.1. The van der Waals surface area contributed by atoms with E-state index < -0.39 is 10.0 Å². The SMILES string of the molecule is CS(=O)(=O)Nc1ccc(-c2cnc(=S)[nH]c2N)cc1. The van der Waals surface area contributed by atoms with Gasteiger partial charge in [-0.15, -0.1) is 0 Å². The second-order valence-corrected chi connectivity index (χ2v) is 6.10. The minimum Gasteiger partial charge on any atom is -0.385 e. The topological polar surface area (TPSA) is 101 Å². The molecule has 0 saturated heterocycles. The second kappa shape index (κ2) is 4.98. The monoisotopic (exact) mass is 296 g/mol. The lowest BCUT2D eigenvalue weighted by Crippen LogP contribution is -2.09. The lowest BCUT2D eigenvalue weighted by molar-refractivity contribution is 0.607. The fraction of sp³-hybridized carbons (Fsp3) is 0.0909. The molecule has 0 radical (unpaired) electrons. The molecule has 8 heteroatoms. The van der Waals surface area contributed by atoms with Gasteiger partial charge in [0.1, 0.15) is 5.82 Å². The first-order chi connectivity index (χ1) is 8.85. The minimum atomic E-state index is -3.28. The molecule has 19 heavy (non-hydrogen) atoms. The highest BCUT2D eigenvalue weighted by Gasteiger charge is 2.05. The third kappa shape index (κ3) is 3.52. The van der Waals surface area contributed by atoms with Crippen LogP contribution in [0.25, 0.3) is 11.1 Å². The molecule has 1 heterocycles. The quantitative estimate of drug-likeness (QED) is 0.749. The Morgan fingerprint density at radius 3 is 2.47 bits per heavy atom. The second-order valence-electron chi connectivity index (χ2n) is 3.97. The van der Waals surface area contributed by atoms with Gasteiger partial charge in [-0.25, -0.2) is 13.4 Å². The number of nitrogens with two attached hydrogens (primary N) is 1. The summed E-state index contributed by atoms with van der Waals surface area (Å²) in [6.07, 6.45) is 2.67. The van der Waals surface area contributed by atoms with Gasteiger partial charge >= 0.3 is 0 Å². The summed E-state index contributed by atoms with van der Waals surface area (Å²) in [5.74, 6) is 0.420. The zero-order chi connectivity index (χ0) is 14.0. The van der Waals surface area contributed by atoms with Crippen molar-refractivity contribution in [3.05, 3.63) is 35.2 Å². The fourth-order valence-corrected chi connectivity index (χ4v) is 2.30. The van der Waals surface area contributed by atoms with Crippen LogP contribution in [0.1, 0.15) is 0 Å². The van der Waals surface area contributed by atoms with Crippen molar-refractivity contribution in [2.75, 3.05) is 16.7 Å². The van der Waals surface area contributed by atoms with Crippen LogP contribution in [-0.4, -0.2) is 24.6 Å². The summed E-state index contributed by atoms with van der Waals surface area (Å²) >= 11 is 4.87. The van der Waals surface area contributed by atoms with Crippen molar-refractivity contribution in [2.24, 2.45) is 0 Å². The van der Waals surface area contributed by atoms with Gasteiger partial charge in [-0.05, 0) is 29.9 Å². The molecule has 0 aliphatic heterocycles. The molecular weight excluding hydrogens is 284 g/mol. The summed E-state index contributed by atoms with van der Waals surface area (Å²) in [6.45, 7) is 0. The Morgan fingerprint density at radius 2 is 1.95 bits per heavy atom. The number of H-pyrrole nitrogens is 1. The number of nitrogens with zero attached hydrogens (tertiary/aromatic N) is 1. The van der Waals surface area contributed by atoms with Crippen molar-refractivity contribution in [1.82, 2.24) is 9.97 Å². The first-order valence-corrected chi connectivity index (χ1v) is 7.58. The summed E-state index contributed by atoms with van der Waals surface area (Å²) in [5, 5.41) is 0. The van der Waals surface area contributed by atoms with Gasteiger partial charge in [0.05, 0.1) is 6.26 Å². The Hall–Kier alpha value is -1.93. The molecule has 100 valence electrons. The van der Waals surface area contributed by atoms with Crippen molar-refractivity contribution in [3.8, 4) is 11.1 Å². The van der Waals surface area contributed by atoms with Gasteiger partial charge in [0, 0.05) is 17.4 Å². The molecule has 0 atom stereocenters. The third-order valence-electron chi connectivity index (χ3n) is 2.34. The Kier molecular flexibility index (Phi) is 3.54. The van der Waals surface area contributed by atoms with Crippen LogP contribution in [0.4, 0.5) is 11.5 Å². The number of anilines is 2. The first kappa shape index (κ1) is 13.5. The van der Waals surface area contributed by atoms with Crippen molar-refractivity contribution < 1.29 is 8.42 Å². The largest absolute Gasteiger partial charge is 0.385 e. The average Bonchev–Trinajstić information content (AvgIpc) is 2.28. The molecule has 0 spiro atoms. The van der Waals surface area contributed by atoms with E-state index in [0.29, 0.717) is 21.8 Å². The first-order valence-electron chi connectivity index (χ1n) is 5.28. The summed E-state index contributed by atoms with van der Waals surface area (Å²) in [7, 11) is -3.28. The number of aromatic nitrogens is 2. The molecule has 0 unspecified atom stereocenters. The number of hydrogen-bond donors (Lipinski definition) is 3. The maximum Gasteiger partial charge on any atom is 0.229 e. The van der Waals surface area contributed by atoms with Crippen LogP contribution in [0.2, 0.25) is 0 Å². The van der Waals surface area contributed by atoms with E-state index in [4.69, 9.17) is 18.0 Å². The maximum absolute atomic E-state index is 11.1. The highest BCUT2D eigenvalue weighted by atomic mass is 32.2. The van der Waals surface area contributed by atoms with E-state index in [1.165, 1.54) is 0 Å². The summed E-state index contributed by atoms with van der Waals surface area (Å²) in [6, 6.07) is 6.80. The minimum absolute atomic E-state index is 0.316. The highest BCUT2D eigenvalue weighted by molar-refractivity contribution is 7.92. The van der Waals surface area contributed by atoms with E-state index in [1.807, 2.05) is 0 Å². The third-order valence-corrected chi connectivity index (χ3v) is 3.16. The predicted octanol–water partition coefficient (Wildman–Crippen LogP) is 1.76. The number of hydrogen-bond acceptors (Lipinski definition) is 5. The van der Waals surface area contributed by atoms with Crippen LogP contribution in [-0.2, 0) is 10.0 Å². The van der Waals surface area contributed by atoms with Crippen LogP contribution in [0.5, 0.6) is 0 Å². The standard InChI is InChI=1S/C11H12N4O2S2/c1-19(16,17)15-8-4-2-7(3-5-8)9-6-13-11(18)14-10(9)12/h2-6,15H,1H3,(H3,12,13,14,18). The smallest absolute Gasteiger partial charge is 0.229 e. The molecule has 0 aliphatic rings. The molecule has 0 bridgehead atoms.